The van der Waals surface area contributed by atoms with Gasteiger partial charge in [-0.3, -0.25) is 4.79 Å². The third-order valence-electron chi connectivity index (χ3n) is 4.29. The molecule has 0 saturated heterocycles. The second-order valence-electron chi connectivity index (χ2n) is 5.96. The lowest BCUT2D eigenvalue weighted by Gasteiger charge is -2.14. The van der Waals surface area contributed by atoms with Crippen molar-refractivity contribution in [2.45, 2.75) is 26.7 Å². The van der Waals surface area contributed by atoms with Gasteiger partial charge in [0.15, 0.2) is 0 Å². The number of fused-ring (bicyclic) bond motifs is 1. The number of carbonyl (C=O) groups excluding carboxylic acids is 1. The van der Waals surface area contributed by atoms with Crippen LogP contribution in [0.3, 0.4) is 0 Å². The molecule has 2 heterocycles. The molecule has 3 rings (SSSR count). The molecule has 2 N–H and O–H groups in total. The zero-order valence-electron chi connectivity index (χ0n) is 13.2. The molecule has 116 valence electrons. The molecule has 0 spiro atoms. The average Bonchev–Trinajstić information content (AvgIpc) is 2.89. The number of hydrogen-bond acceptors (Lipinski definition) is 3. The fourth-order valence-electron chi connectivity index (χ4n) is 2.75. The normalized spacial score (nSPS) is 14.9. The van der Waals surface area contributed by atoms with Gasteiger partial charge in [-0.25, -0.2) is 0 Å². The van der Waals surface area contributed by atoms with Crippen LogP contribution in [0.1, 0.15) is 23.1 Å². The Morgan fingerprint density at radius 1 is 1.32 bits per heavy atom. The lowest BCUT2D eigenvalue weighted by atomic mass is 10.0. The van der Waals surface area contributed by atoms with E-state index in [4.69, 9.17) is 4.42 Å². The summed E-state index contributed by atoms with van der Waals surface area (Å²) in [5, 5.41) is 7.31. The Kier molecular flexibility index (Phi) is 4.29. The number of hydrogen-bond donors (Lipinski definition) is 2. The summed E-state index contributed by atoms with van der Waals surface area (Å²) in [6, 6.07) is 4.14. The molecule has 4 nitrogen and oxygen atoms in total. The summed E-state index contributed by atoms with van der Waals surface area (Å²) in [5.74, 6) is 0.0420. The molecule has 0 saturated carbocycles. The van der Waals surface area contributed by atoms with Crippen molar-refractivity contribution >= 4 is 16.9 Å². The SMILES string of the molecule is Cc1cc2occ(CC(=O)NCC3=CCNCC3)c2cc1C. The van der Waals surface area contributed by atoms with Gasteiger partial charge in [-0.2, -0.15) is 0 Å². The molecule has 0 unspecified atom stereocenters. The maximum atomic E-state index is 12.2. The minimum Gasteiger partial charge on any atom is -0.464 e. The highest BCUT2D eigenvalue weighted by Crippen LogP contribution is 2.25. The molecule has 1 aromatic carbocycles. The molecule has 0 radical (unpaired) electrons. The van der Waals surface area contributed by atoms with Gasteiger partial charge in [-0.1, -0.05) is 11.6 Å². The summed E-state index contributed by atoms with van der Waals surface area (Å²) in [7, 11) is 0. The van der Waals surface area contributed by atoms with E-state index < -0.39 is 0 Å². The minimum absolute atomic E-state index is 0.0420. The van der Waals surface area contributed by atoms with Crippen LogP contribution in [0.15, 0.2) is 34.5 Å². The lowest BCUT2D eigenvalue weighted by molar-refractivity contribution is -0.120. The second kappa shape index (κ2) is 6.36. The first kappa shape index (κ1) is 14.9. The highest BCUT2D eigenvalue weighted by atomic mass is 16.3. The fourth-order valence-corrected chi connectivity index (χ4v) is 2.75. The predicted molar refractivity (Wildman–Crippen MR) is 88.0 cm³/mol. The number of carbonyl (C=O) groups is 1. The maximum absolute atomic E-state index is 12.2. The van der Waals surface area contributed by atoms with Crippen LogP contribution in [0.5, 0.6) is 0 Å². The van der Waals surface area contributed by atoms with Crippen LogP contribution in [-0.2, 0) is 11.2 Å². The molecular weight excluding hydrogens is 276 g/mol. The van der Waals surface area contributed by atoms with Gasteiger partial charge in [0.2, 0.25) is 5.91 Å². The Bertz CT molecular complexity index is 728. The Labute approximate surface area is 130 Å². The highest BCUT2D eigenvalue weighted by molar-refractivity contribution is 5.88. The topological polar surface area (TPSA) is 54.3 Å². The first-order valence-electron chi connectivity index (χ1n) is 7.76. The lowest BCUT2D eigenvalue weighted by Crippen LogP contribution is -2.30. The van der Waals surface area contributed by atoms with Crippen molar-refractivity contribution in [2.75, 3.05) is 19.6 Å². The first-order valence-corrected chi connectivity index (χ1v) is 7.76. The third kappa shape index (κ3) is 3.22. The smallest absolute Gasteiger partial charge is 0.224 e. The van der Waals surface area contributed by atoms with Crippen molar-refractivity contribution < 1.29 is 9.21 Å². The van der Waals surface area contributed by atoms with Crippen molar-refractivity contribution in [3.8, 4) is 0 Å². The zero-order chi connectivity index (χ0) is 15.5. The Morgan fingerprint density at radius 2 is 2.14 bits per heavy atom. The quantitative estimate of drug-likeness (QED) is 0.853. The average molecular weight is 298 g/mol. The van der Waals surface area contributed by atoms with E-state index in [0.717, 1.165) is 36.0 Å². The molecular formula is C18H22N2O2. The molecule has 1 aliphatic heterocycles. The predicted octanol–water partition coefficient (Wildman–Crippen LogP) is 2.63. The standard InChI is InChI=1S/C18H22N2O2/c1-12-7-16-15(11-22-17(16)8-13(12)2)9-18(21)20-10-14-3-5-19-6-4-14/h3,7-8,11,19H,4-6,9-10H2,1-2H3,(H,20,21). The first-order chi connectivity index (χ1) is 10.6. The van der Waals surface area contributed by atoms with Gasteiger partial charge < -0.3 is 15.1 Å². The van der Waals surface area contributed by atoms with Crippen LogP contribution in [0.25, 0.3) is 11.0 Å². The van der Waals surface area contributed by atoms with Crippen LogP contribution >= 0.6 is 0 Å². The van der Waals surface area contributed by atoms with Gasteiger partial charge >= 0.3 is 0 Å². The van der Waals surface area contributed by atoms with Gasteiger partial charge in [0.1, 0.15) is 5.58 Å². The van der Waals surface area contributed by atoms with E-state index in [1.54, 1.807) is 6.26 Å². The monoisotopic (exact) mass is 298 g/mol. The summed E-state index contributed by atoms with van der Waals surface area (Å²) in [5.41, 5.74) is 5.53. The number of furan rings is 1. The Morgan fingerprint density at radius 3 is 2.91 bits per heavy atom. The number of rotatable bonds is 4. The molecule has 0 bridgehead atoms. The summed E-state index contributed by atoms with van der Waals surface area (Å²) < 4.78 is 5.58. The van der Waals surface area contributed by atoms with Gasteiger partial charge in [0.25, 0.3) is 0 Å². The zero-order valence-corrected chi connectivity index (χ0v) is 13.2. The third-order valence-corrected chi connectivity index (χ3v) is 4.29. The van der Waals surface area contributed by atoms with Gasteiger partial charge in [-0.15, -0.1) is 0 Å². The van der Waals surface area contributed by atoms with Gasteiger partial charge in [-0.05, 0) is 50.1 Å². The van der Waals surface area contributed by atoms with E-state index in [0.29, 0.717) is 13.0 Å². The number of amides is 1. The summed E-state index contributed by atoms with van der Waals surface area (Å²) in [4.78, 5) is 12.2. The van der Waals surface area contributed by atoms with E-state index in [1.807, 2.05) is 6.07 Å². The molecule has 0 fully saturated rings. The van der Waals surface area contributed by atoms with Crippen LogP contribution in [0.2, 0.25) is 0 Å². The molecule has 0 atom stereocenters. The summed E-state index contributed by atoms with van der Waals surface area (Å²) in [6.45, 7) is 6.68. The minimum atomic E-state index is 0.0420. The number of nitrogens with one attached hydrogen (secondary N) is 2. The molecule has 1 amide bonds. The molecule has 1 aromatic heterocycles. The van der Waals surface area contributed by atoms with E-state index in [-0.39, 0.29) is 5.91 Å². The van der Waals surface area contributed by atoms with E-state index in [2.05, 4.69) is 36.6 Å². The second-order valence-corrected chi connectivity index (χ2v) is 5.96. The van der Waals surface area contributed by atoms with Gasteiger partial charge in [0.05, 0.1) is 12.7 Å². The Balaban J connectivity index is 1.66. The van der Waals surface area contributed by atoms with Crippen molar-refractivity contribution in [3.05, 3.63) is 46.7 Å². The summed E-state index contributed by atoms with van der Waals surface area (Å²) in [6.07, 6.45) is 5.23. The van der Waals surface area contributed by atoms with Crippen LogP contribution in [0.4, 0.5) is 0 Å². The Hall–Kier alpha value is -2.07. The number of benzene rings is 1. The van der Waals surface area contributed by atoms with E-state index >= 15 is 0 Å². The van der Waals surface area contributed by atoms with Crippen molar-refractivity contribution in [2.24, 2.45) is 0 Å². The number of aryl methyl sites for hydroxylation is 2. The van der Waals surface area contributed by atoms with Crippen LogP contribution in [-0.4, -0.2) is 25.5 Å². The molecule has 1 aliphatic rings. The molecule has 4 heteroatoms. The summed E-state index contributed by atoms with van der Waals surface area (Å²) >= 11 is 0. The maximum Gasteiger partial charge on any atom is 0.224 e. The van der Waals surface area contributed by atoms with Gasteiger partial charge in [0, 0.05) is 24.0 Å². The molecule has 22 heavy (non-hydrogen) atoms. The van der Waals surface area contributed by atoms with Crippen molar-refractivity contribution in [1.29, 1.82) is 0 Å². The fraction of sp³-hybridized carbons (Fsp3) is 0.389. The van der Waals surface area contributed by atoms with Crippen molar-refractivity contribution in [1.82, 2.24) is 10.6 Å². The molecule has 2 aromatic rings. The highest BCUT2D eigenvalue weighted by Gasteiger charge is 2.12. The van der Waals surface area contributed by atoms with E-state index in [1.165, 1.54) is 16.7 Å². The van der Waals surface area contributed by atoms with E-state index in [9.17, 15) is 4.79 Å². The van der Waals surface area contributed by atoms with Crippen LogP contribution < -0.4 is 10.6 Å². The molecule has 0 aliphatic carbocycles. The largest absolute Gasteiger partial charge is 0.464 e. The van der Waals surface area contributed by atoms with Crippen LogP contribution in [0, 0.1) is 13.8 Å². The van der Waals surface area contributed by atoms with Crippen molar-refractivity contribution in [3.63, 3.8) is 0 Å².